The molecule has 0 radical (unpaired) electrons. The van der Waals surface area contributed by atoms with Crippen molar-refractivity contribution in [3.05, 3.63) is 73.8 Å². The third-order valence-corrected chi connectivity index (χ3v) is 3.75. The van der Waals surface area contributed by atoms with Gasteiger partial charge in [0.25, 0.3) is 5.69 Å². The second-order valence-electron chi connectivity index (χ2n) is 4.54. The van der Waals surface area contributed by atoms with Gasteiger partial charge in [-0.2, -0.15) is 5.10 Å². The van der Waals surface area contributed by atoms with Gasteiger partial charge in [-0.1, -0.05) is 41.4 Å². The summed E-state index contributed by atoms with van der Waals surface area (Å²) in [6.07, 6.45) is 0. The number of non-ortho nitro benzene ring substituents is 1. The first-order valence-corrected chi connectivity index (χ1v) is 7.19. The Hall–Kier alpha value is -2.11. The molecule has 0 saturated carbocycles. The Morgan fingerprint density at radius 3 is 2.50 bits per heavy atom. The van der Waals surface area contributed by atoms with Crippen LogP contribution in [-0.4, -0.2) is 10.6 Å². The summed E-state index contributed by atoms with van der Waals surface area (Å²) in [5.41, 5.74) is 4.96. The van der Waals surface area contributed by atoms with Crippen LogP contribution in [0.2, 0.25) is 10.0 Å². The Balaban J connectivity index is 2.10. The number of rotatable bonds is 5. The highest BCUT2D eigenvalue weighted by molar-refractivity contribution is 6.35. The van der Waals surface area contributed by atoms with E-state index in [0.717, 1.165) is 5.56 Å². The fraction of sp³-hybridized carbons (Fsp3) is 0.133. The topological polar surface area (TPSA) is 67.5 Å². The zero-order chi connectivity index (χ0) is 16.1. The molecule has 0 spiro atoms. The predicted molar refractivity (Wildman–Crippen MR) is 88.6 cm³/mol. The number of hydrogen-bond donors (Lipinski definition) is 1. The smallest absolute Gasteiger partial charge is 0.270 e. The molecule has 0 amide bonds. The van der Waals surface area contributed by atoms with E-state index in [-0.39, 0.29) is 5.69 Å². The SMILES string of the molecule is C/C(=N/NCc1c(Cl)cccc1Cl)c1cccc([N+](=O)[O-])c1. The number of nitrogens with one attached hydrogen (secondary N) is 1. The molecular weight excluding hydrogens is 325 g/mol. The largest absolute Gasteiger partial charge is 0.305 e. The van der Waals surface area contributed by atoms with Gasteiger partial charge in [-0.05, 0) is 19.1 Å². The average Bonchev–Trinajstić information content (AvgIpc) is 2.50. The van der Waals surface area contributed by atoms with E-state index in [2.05, 4.69) is 10.5 Å². The van der Waals surface area contributed by atoms with Crippen LogP contribution in [0.15, 0.2) is 47.6 Å². The van der Waals surface area contributed by atoms with Crippen molar-refractivity contribution in [1.29, 1.82) is 0 Å². The summed E-state index contributed by atoms with van der Waals surface area (Å²) in [6.45, 7) is 2.13. The van der Waals surface area contributed by atoms with Crippen molar-refractivity contribution in [1.82, 2.24) is 5.43 Å². The van der Waals surface area contributed by atoms with Gasteiger partial charge in [-0.15, -0.1) is 0 Å². The first kappa shape index (κ1) is 16.3. The van der Waals surface area contributed by atoms with Gasteiger partial charge in [-0.3, -0.25) is 10.1 Å². The highest BCUT2D eigenvalue weighted by Gasteiger charge is 2.08. The minimum absolute atomic E-state index is 0.0289. The lowest BCUT2D eigenvalue weighted by atomic mass is 10.1. The summed E-state index contributed by atoms with van der Waals surface area (Å²) in [5.74, 6) is 0. The molecule has 7 heteroatoms. The van der Waals surface area contributed by atoms with Crippen LogP contribution in [0.4, 0.5) is 5.69 Å². The van der Waals surface area contributed by atoms with Crippen LogP contribution in [0, 0.1) is 10.1 Å². The molecule has 0 unspecified atom stereocenters. The van der Waals surface area contributed by atoms with Crippen LogP contribution in [0.5, 0.6) is 0 Å². The summed E-state index contributed by atoms with van der Waals surface area (Å²) >= 11 is 12.1. The quantitative estimate of drug-likeness (QED) is 0.499. The van der Waals surface area contributed by atoms with Crippen LogP contribution in [0.3, 0.4) is 0 Å². The van der Waals surface area contributed by atoms with E-state index in [0.29, 0.717) is 27.9 Å². The fourth-order valence-electron chi connectivity index (χ4n) is 1.85. The third kappa shape index (κ3) is 3.96. The van der Waals surface area contributed by atoms with Gasteiger partial charge in [0.2, 0.25) is 0 Å². The van der Waals surface area contributed by atoms with Crippen molar-refractivity contribution < 1.29 is 4.92 Å². The molecule has 0 fully saturated rings. The molecule has 0 aliphatic carbocycles. The van der Waals surface area contributed by atoms with E-state index in [1.165, 1.54) is 12.1 Å². The molecule has 0 saturated heterocycles. The molecule has 5 nitrogen and oxygen atoms in total. The molecule has 22 heavy (non-hydrogen) atoms. The minimum atomic E-state index is -0.437. The summed E-state index contributed by atoms with van der Waals surface area (Å²) in [6, 6.07) is 11.6. The normalized spacial score (nSPS) is 11.3. The lowest BCUT2D eigenvalue weighted by Gasteiger charge is -2.07. The molecule has 0 aliphatic heterocycles. The highest BCUT2D eigenvalue weighted by Crippen LogP contribution is 2.23. The van der Waals surface area contributed by atoms with Crippen LogP contribution >= 0.6 is 23.2 Å². The Morgan fingerprint density at radius 1 is 1.23 bits per heavy atom. The molecule has 2 aromatic rings. The van der Waals surface area contributed by atoms with Crippen molar-refractivity contribution in [2.24, 2.45) is 5.10 Å². The predicted octanol–water partition coefficient (Wildman–Crippen LogP) is 4.42. The molecule has 0 bridgehead atoms. The van der Waals surface area contributed by atoms with E-state index < -0.39 is 4.92 Å². The summed E-state index contributed by atoms with van der Waals surface area (Å²) < 4.78 is 0. The Bertz CT molecular complexity index is 712. The summed E-state index contributed by atoms with van der Waals surface area (Å²) in [4.78, 5) is 10.3. The van der Waals surface area contributed by atoms with Crippen molar-refractivity contribution in [3.63, 3.8) is 0 Å². The van der Waals surface area contributed by atoms with Gasteiger partial charge in [0.1, 0.15) is 0 Å². The summed E-state index contributed by atoms with van der Waals surface area (Å²) in [5, 5.41) is 16.1. The van der Waals surface area contributed by atoms with Crippen molar-refractivity contribution in [2.45, 2.75) is 13.5 Å². The average molecular weight is 338 g/mol. The van der Waals surface area contributed by atoms with Gasteiger partial charge < -0.3 is 5.43 Å². The first-order chi connectivity index (χ1) is 10.5. The monoisotopic (exact) mass is 337 g/mol. The zero-order valence-electron chi connectivity index (χ0n) is 11.7. The number of nitro benzene ring substituents is 1. The van der Waals surface area contributed by atoms with Crippen LogP contribution in [0.1, 0.15) is 18.1 Å². The maximum atomic E-state index is 10.8. The number of nitrogens with zero attached hydrogens (tertiary/aromatic N) is 2. The molecule has 114 valence electrons. The van der Waals surface area contributed by atoms with E-state index in [4.69, 9.17) is 23.2 Å². The second-order valence-corrected chi connectivity index (χ2v) is 5.35. The van der Waals surface area contributed by atoms with Crippen molar-refractivity contribution in [3.8, 4) is 0 Å². The van der Waals surface area contributed by atoms with Crippen molar-refractivity contribution >= 4 is 34.6 Å². The standard InChI is InChI=1S/C15H13Cl2N3O2/c1-10(11-4-2-5-12(8-11)20(21)22)19-18-9-13-14(16)6-3-7-15(13)17/h2-8,18H,9H2,1H3/b19-10-. The van der Waals surface area contributed by atoms with E-state index in [9.17, 15) is 10.1 Å². The lowest BCUT2D eigenvalue weighted by molar-refractivity contribution is -0.384. The molecule has 1 N–H and O–H groups in total. The number of hydrazone groups is 1. The molecule has 2 aromatic carbocycles. The molecule has 0 aromatic heterocycles. The summed E-state index contributed by atoms with van der Waals surface area (Å²) in [7, 11) is 0. The number of halogens is 2. The maximum Gasteiger partial charge on any atom is 0.270 e. The van der Waals surface area contributed by atoms with Gasteiger partial charge in [-0.25, -0.2) is 0 Å². The fourth-order valence-corrected chi connectivity index (χ4v) is 2.38. The van der Waals surface area contributed by atoms with Crippen LogP contribution in [0.25, 0.3) is 0 Å². The van der Waals surface area contributed by atoms with Crippen LogP contribution < -0.4 is 5.43 Å². The highest BCUT2D eigenvalue weighted by atomic mass is 35.5. The second kappa shape index (κ2) is 7.24. The molecule has 0 heterocycles. The van der Waals surface area contributed by atoms with Gasteiger partial charge in [0, 0.05) is 33.3 Å². The zero-order valence-corrected chi connectivity index (χ0v) is 13.2. The van der Waals surface area contributed by atoms with Gasteiger partial charge in [0.15, 0.2) is 0 Å². The number of benzene rings is 2. The van der Waals surface area contributed by atoms with Gasteiger partial charge in [0.05, 0.1) is 17.2 Å². The molecule has 0 atom stereocenters. The minimum Gasteiger partial charge on any atom is -0.305 e. The molecule has 2 rings (SSSR count). The van der Waals surface area contributed by atoms with E-state index in [1.54, 1.807) is 37.3 Å². The third-order valence-electron chi connectivity index (χ3n) is 3.04. The Labute approximate surface area is 137 Å². The van der Waals surface area contributed by atoms with Crippen molar-refractivity contribution in [2.75, 3.05) is 0 Å². The molecule has 0 aliphatic rings. The van der Waals surface area contributed by atoms with E-state index in [1.807, 2.05) is 0 Å². The lowest BCUT2D eigenvalue weighted by Crippen LogP contribution is -2.10. The molecular formula is C15H13Cl2N3O2. The van der Waals surface area contributed by atoms with Gasteiger partial charge >= 0.3 is 0 Å². The Kier molecular flexibility index (Phi) is 5.35. The van der Waals surface area contributed by atoms with E-state index >= 15 is 0 Å². The Morgan fingerprint density at radius 2 is 1.86 bits per heavy atom. The number of nitro groups is 1. The van der Waals surface area contributed by atoms with Crippen LogP contribution in [-0.2, 0) is 6.54 Å². The first-order valence-electron chi connectivity index (χ1n) is 6.44. The maximum absolute atomic E-state index is 10.8. The number of hydrogen-bond acceptors (Lipinski definition) is 4.